The minimum absolute atomic E-state index is 0.627. The second-order valence-corrected chi connectivity index (χ2v) is 4.23. The molecule has 0 amide bonds. The van der Waals surface area contributed by atoms with E-state index in [-0.39, 0.29) is 0 Å². The largest absolute Gasteiger partial charge is 0.312 e. The van der Waals surface area contributed by atoms with Gasteiger partial charge in [0.15, 0.2) is 0 Å². The van der Waals surface area contributed by atoms with Crippen molar-refractivity contribution in [3.8, 4) is 0 Å². The van der Waals surface area contributed by atoms with Crippen molar-refractivity contribution >= 4 is 0 Å². The number of piperazine rings is 1. The molecule has 1 aliphatic rings. The molecule has 2 rings (SSSR count). The van der Waals surface area contributed by atoms with E-state index in [0.717, 1.165) is 32.6 Å². The molecule has 3 nitrogen and oxygen atoms in total. The summed E-state index contributed by atoms with van der Waals surface area (Å²) in [6.45, 7) is 6.81. The summed E-state index contributed by atoms with van der Waals surface area (Å²) in [4.78, 5) is 6.85. The Bertz CT molecular complexity index is 286. The van der Waals surface area contributed by atoms with Gasteiger partial charge in [-0.05, 0) is 19.1 Å². The lowest BCUT2D eigenvalue weighted by Gasteiger charge is -2.31. The minimum Gasteiger partial charge on any atom is -0.312 e. The van der Waals surface area contributed by atoms with Gasteiger partial charge in [-0.3, -0.25) is 4.98 Å². The average molecular weight is 205 g/mol. The number of nitrogens with one attached hydrogen (secondary N) is 1. The van der Waals surface area contributed by atoms with Gasteiger partial charge in [0.1, 0.15) is 0 Å². The van der Waals surface area contributed by atoms with E-state index in [1.807, 2.05) is 12.3 Å². The van der Waals surface area contributed by atoms with Crippen molar-refractivity contribution in [3.05, 3.63) is 30.1 Å². The Balaban J connectivity index is 1.78. The molecule has 1 aromatic rings. The van der Waals surface area contributed by atoms with Gasteiger partial charge in [-0.2, -0.15) is 0 Å². The third-order valence-electron chi connectivity index (χ3n) is 2.86. The van der Waals surface area contributed by atoms with Crippen LogP contribution in [-0.2, 0) is 6.42 Å². The lowest BCUT2D eigenvalue weighted by Crippen LogP contribution is -2.49. The molecule has 1 fully saturated rings. The van der Waals surface area contributed by atoms with Gasteiger partial charge in [0.2, 0.25) is 0 Å². The highest BCUT2D eigenvalue weighted by atomic mass is 15.2. The summed E-state index contributed by atoms with van der Waals surface area (Å²) in [5.41, 5.74) is 1.20. The molecule has 0 aliphatic carbocycles. The third-order valence-corrected chi connectivity index (χ3v) is 2.86. The molecule has 3 heteroatoms. The van der Waals surface area contributed by atoms with E-state index < -0.39 is 0 Å². The zero-order chi connectivity index (χ0) is 10.5. The van der Waals surface area contributed by atoms with Crippen LogP contribution in [0.3, 0.4) is 0 Å². The van der Waals surface area contributed by atoms with Crippen LogP contribution in [0.2, 0.25) is 0 Å². The van der Waals surface area contributed by atoms with E-state index in [9.17, 15) is 0 Å². The Hall–Kier alpha value is -0.930. The lowest BCUT2D eigenvalue weighted by molar-refractivity contribution is 0.209. The maximum absolute atomic E-state index is 4.34. The normalized spacial score (nSPS) is 22.9. The highest BCUT2D eigenvalue weighted by Crippen LogP contribution is 2.01. The van der Waals surface area contributed by atoms with Crippen LogP contribution in [0, 0.1) is 0 Å². The molecule has 0 unspecified atom stereocenters. The predicted octanol–water partition coefficient (Wildman–Crippen LogP) is 0.918. The fraction of sp³-hybridized carbons (Fsp3) is 0.583. The highest BCUT2D eigenvalue weighted by Gasteiger charge is 2.14. The second-order valence-electron chi connectivity index (χ2n) is 4.23. The maximum atomic E-state index is 4.34. The van der Waals surface area contributed by atoms with Gasteiger partial charge in [-0.1, -0.05) is 6.07 Å². The van der Waals surface area contributed by atoms with Crippen molar-refractivity contribution in [1.82, 2.24) is 15.2 Å². The molecule has 2 heterocycles. The quantitative estimate of drug-likeness (QED) is 0.795. The third kappa shape index (κ3) is 3.29. The lowest BCUT2D eigenvalue weighted by atomic mass is 10.2. The Morgan fingerprint density at radius 2 is 2.47 bits per heavy atom. The van der Waals surface area contributed by atoms with Crippen molar-refractivity contribution < 1.29 is 0 Å². The molecule has 1 saturated heterocycles. The average Bonchev–Trinajstić information content (AvgIpc) is 2.28. The first-order valence-corrected chi connectivity index (χ1v) is 5.70. The summed E-state index contributed by atoms with van der Waals surface area (Å²) in [5, 5.41) is 3.45. The molecule has 0 spiro atoms. The first-order valence-electron chi connectivity index (χ1n) is 5.70. The van der Waals surface area contributed by atoms with Crippen molar-refractivity contribution in [3.63, 3.8) is 0 Å². The molecule has 0 aromatic carbocycles. The first kappa shape index (κ1) is 10.6. The maximum Gasteiger partial charge on any atom is 0.0416 e. The van der Waals surface area contributed by atoms with Crippen LogP contribution in [0.25, 0.3) is 0 Å². The molecule has 0 saturated carbocycles. The van der Waals surface area contributed by atoms with E-state index in [2.05, 4.69) is 34.3 Å². The minimum atomic E-state index is 0.627. The Morgan fingerprint density at radius 3 is 3.20 bits per heavy atom. The van der Waals surface area contributed by atoms with E-state index in [0.29, 0.717) is 6.04 Å². The Morgan fingerprint density at radius 1 is 1.53 bits per heavy atom. The van der Waals surface area contributed by atoms with Crippen LogP contribution >= 0.6 is 0 Å². The fourth-order valence-electron chi connectivity index (χ4n) is 2.03. The summed E-state index contributed by atoms with van der Waals surface area (Å²) >= 11 is 0. The van der Waals surface area contributed by atoms with Crippen molar-refractivity contribution in [1.29, 1.82) is 0 Å². The van der Waals surface area contributed by atoms with Gasteiger partial charge in [-0.25, -0.2) is 0 Å². The van der Waals surface area contributed by atoms with Crippen LogP contribution in [0.4, 0.5) is 0 Å². The van der Waals surface area contributed by atoms with Gasteiger partial charge in [0.25, 0.3) is 0 Å². The molecule has 1 N–H and O–H groups in total. The summed E-state index contributed by atoms with van der Waals surface area (Å²) in [5.74, 6) is 0. The standard InChI is InChI=1S/C12H19N3/c1-11-10-15(9-7-13-11)8-5-12-4-2-3-6-14-12/h2-4,6,11,13H,5,7-10H2,1H3/t11-/m1/s1. The second kappa shape index (κ2) is 5.24. The van der Waals surface area contributed by atoms with Gasteiger partial charge < -0.3 is 10.2 Å². The van der Waals surface area contributed by atoms with Crippen molar-refractivity contribution in [2.75, 3.05) is 26.2 Å². The Kier molecular flexibility index (Phi) is 3.69. The van der Waals surface area contributed by atoms with Crippen LogP contribution in [0.1, 0.15) is 12.6 Å². The zero-order valence-electron chi connectivity index (χ0n) is 9.32. The smallest absolute Gasteiger partial charge is 0.0416 e. The number of nitrogens with zero attached hydrogens (tertiary/aromatic N) is 2. The number of pyridine rings is 1. The topological polar surface area (TPSA) is 28.2 Å². The highest BCUT2D eigenvalue weighted by molar-refractivity contribution is 5.03. The number of aromatic nitrogens is 1. The van der Waals surface area contributed by atoms with Crippen LogP contribution in [0.5, 0.6) is 0 Å². The summed E-state index contributed by atoms with van der Waals surface area (Å²) in [6, 6.07) is 6.76. The molecule has 1 aliphatic heterocycles. The molecule has 82 valence electrons. The van der Waals surface area contributed by atoms with Crippen LogP contribution in [-0.4, -0.2) is 42.1 Å². The van der Waals surface area contributed by atoms with Crippen molar-refractivity contribution in [2.45, 2.75) is 19.4 Å². The molecule has 0 bridgehead atoms. The number of hydrogen-bond acceptors (Lipinski definition) is 3. The van der Waals surface area contributed by atoms with Crippen LogP contribution < -0.4 is 5.32 Å². The monoisotopic (exact) mass is 205 g/mol. The first-order chi connectivity index (χ1) is 7.34. The van der Waals surface area contributed by atoms with Crippen molar-refractivity contribution in [2.24, 2.45) is 0 Å². The summed E-state index contributed by atoms with van der Waals surface area (Å²) in [7, 11) is 0. The summed E-state index contributed by atoms with van der Waals surface area (Å²) in [6.07, 6.45) is 2.93. The van der Waals surface area contributed by atoms with E-state index in [1.165, 1.54) is 5.69 Å². The molecule has 1 atom stereocenters. The van der Waals surface area contributed by atoms with Crippen LogP contribution in [0.15, 0.2) is 24.4 Å². The predicted molar refractivity (Wildman–Crippen MR) is 61.8 cm³/mol. The van der Waals surface area contributed by atoms with Gasteiger partial charge in [-0.15, -0.1) is 0 Å². The van der Waals surface area contributed by atoms with Gasteiger partial charge >= 0.3 is 0 Å². The van der Waals surface area contributed by atoms with Gasteiger partial charge in [0, 0.05) is 50.5 Å². The van der Waals surface area contributed by atoms with E-state index in [1.54, 1.807) is 0 Å². The van der Waals surface area contributed by atoms with E-state index >= 15 is 0 Å². The fourth-order valence-corrected chi connectivity index (χ4v) is 2.03. The summed E-state index contributed by atoms with van der Waals surface area (Å²) < 4.78 is 0. The molecular formula is C12H19N3. The molecule has 1 aromatic heterocycles. The molecular weight excluding hydrogens is 186 g/mol. The SMILES string of the molecule is C[C@@H]1CN(CCc2ccccn2)CCN1. The molecule has 15 heavy (non-hydrogen) atoms. The van der Waals surface area contributed by atoms with Gasteiger partial charge in [0.05, 0.1) is 0 Å². The zero-order valence-corrected chi connectivity index (χ0v) is 9.32. The number of rotatable bonds is 3. The Labute approximate surface area is 91.5 Å². The number of hydrogen-bond donors (Lipinski definition) is 1. The molecule has 0 radical (unpaired) electrons. The van der Waals surface area contributed by atoms with E-state index in [4.69, 9.17) is 0 Å².